The van der Waals surface area contributed by atoms with Crippen molar-refractivity contribution in [1.82, 2.24) is 4.72 Å². The van der Waals surface area contributed by atoms with Gasteiger partial charge in [-0.1, -0.05) is 31.2 Å². The van der Waals surface area contributed by atoms with Crippen molar-refractivity contribution >= 4 is 15.8 Å². The van der Waals surface area contributed by atoms with Crippen molar-refractivity contribution in [2.45, 2.75) is 31.7 Å². The van der Waals surface area contributed by atoms with E-state index in [-0.39, 0.29) is 17.2 Å². The highest BCUT2D eigenvalue weighted by molar-refractivity contribution is 7.89. The minimum atomic E-state index is -3.62. The molecule has 128 valence electrons. The third-order valence-electron chi connectivity index (χ3n) is 3.43. The van der Waals surface area contributed by atoms with Gasteiger partial charge < -0.3 is 4.74 Å². The van der Waals surface area contributed by atoms with Gasteiger partial charge in [-0.05, 0) is 43.2 Å². The van der Waals surface area contributed by atoms with Gasteiger partial charge in [-0.15, -0.1) is 0 Å². The second kappa shape index (κ2) is 8.08. The quantitative estimate of drug-likeness (QED) is 0.745. The van der Waals surface area contributed by atoms with E-state index in [0.717, 1.165) is 17.7 Å². The third-order valence-corrected chi connectivity index (χ3v) is 4.85. The second-order valence-electron chi connectivity index (χ2n) is 5.40. The normalized spacial score (nSPS) is 11.2. The molecule has 0 fully saturated rings. The van der Waals surface area contributed by atoms with Crippen LogP contribution in [0.4, 0.5) is 0 Å². The fraction of sp³-hybridized carbons (Fsp3) is 0.278. The van der Waals surface area contributed by atoms with Gasteiger partial charge in [0.2, 0.25) is 10.0 Å². The van der Waals surface area contributed by atoms with Gasteiger partial charge in [-0.3, -0.25) is 4.79 Å². The van der Waals surface area contributed by atoms with Gasteiger partial charge in [0.1, 0.15) is 5.75 Å². The number of carbonyl (C=O) groups excluding carboxylic acids is 1. The van der Waals surface area contributed by atoms with Gasteiger partial charge in [0.15, 0.2) is 5.78 Å². The Morgan fingerprint density at radius 3 is 2.21 bits per heavy atom. The number of hydrogen-bond acceptors (Lipinski definition) is 4. The van der Waals surface area contributed by atoms with Gasteiger partial charge in [-0.25, -0.2) is 13.1 Å². The van der Waals surface area contributed by atoms with Gasteiger partial charge >= 0.3 is 0 Å². The molecule has 0 aliphatic rings. The molecule has 0 unspecified atom stereocenters. The van der Waals surface area contributed by atoms with Gasteiger partial charge in [0.05, 0.1) is 11.5 Å². The van der Waals surface area contributed by atoms with Crippen LogP contribution in [-0.2, 0) is 16.6 Å². The lowest BCUT2D eigenvalue weighted by molar-refractivity contribution is 0.101. The summed E-state index contributed by atoms with van der Waals surface area (Å²) >= 11 is 0. The van der Waals surface area contributed by atoms with Gasteiger partial charge in [0, 0.05) is 12.1 Å². The van der Waals surface area contributed by atoms with Gasteiger partial charge in [-0.2, -0.15) is 0 Å². The molecule has 5 nitrogen and oxygen atoms in total. The molecule has 0 radical (unpaired) electrons. The Labute approximate surface area is 142 Å². The van der Waals surface area contributed by atoms with E-state index < -0.39 is 10.0 Å². The van der Waals surface area contributed by atoms with Crippen LogP contribution in [0.15, 0.2) is 53.4 Å². The van der Waals surface area contributed by atoms with Crippen molar-refractivity contribution in [2.24, 2.45) is 0 Å². The van der Waals surface area contributed by atoms with Crippen LogP contribution in [0, 0.1) is 0 Å². The summed E-state index contributed by atoms with van der Waals surface area (Å²) in [5.41, 5.74) is 1.32. The van der Waals surface area contributed by atoms with E-state index in [4.69, 9.17) is 4.74 Å². The number of benzene rings is 2. The van der Waals surface area contributed by atoms with E-state index in [0.29, 0.717) is 12.2 Å². The number of carbonyl (C=O) groups is 1. The minimum Gasteiger partial charge on any atom is -0.494 e. The maximum Gasteiger partial charge on any atom is 0.240 e. The molecule has 0 bridgehead atoms. The van der Waals surface area contributed by atoms with Crippen molar-refractivity contribution in [1.29, 1.82) is 0 Å². The van der Waals surface area contributed by atoms with Crippen molar-refractivity contribution < 1.29 is 17.9 Å². The molecule has 0 heterocycles. The highest BCUT2D eigenvalue weighted by Gasteiger charge is 2.14. The Morgan fingerprint density at radius 1 is 1.04 bits per heavy atom. The first kappa shape index (κ1) is 18.2. The van der Waals surface area contributed by atoms with Crippen molar-refractivity contribution in [3.05, 3.63) is 59.7 Å². The van der Waals surface area contributed by atoms with Crippen LogP contribution in [0.25, 0.3) is 0 Å². The zero-order valence-electron chi connectivity index (χ0n) is 13.8. The van der Waals surface area contributed by atoms with Crippen LogP contribution >= 0.6 is 0 Å². The first-order valence-corrected chi connectivity index (χ1v) is 9.23. The van der Waals surface area contributed by atoms with E-state index in [9.17, 15) is 13.2 Å². The molecule has 0 aliphatic carbocycles. The van der Waals surface area contributed by atoms with E-state index in [2.05, 4.69) is 4.72 Å². The smallest absolute Gasteiger partial charge is 0.240 e. The summed E-state index contributed by atoms with van der Waals surface area (Å²) in [4.78, 5) is 11.4. The number of Topliss-reactive ketones (excluding diaryl/α,β-unsaturated/α-hetero) is 1. The van der Waals surface area contributed by atoms with E-state index in [1.54, 1.807) is 0 Å². The molecule has 0 saturated heterocycles. The molecule has 0 aromatic heterocycles. The number of nitrogens with one attached hydrogen (secondary N) is 1. The van der Waals surface area contributed by atoms with Crippen LogP contribution in [0.1, 0.15) is 36.2 Å². The van der Waals surface area contributed by atoms with Crippen LogP contribution < -0.4 is 9.46 Å². The Hall–Kier alpha value is -2.18. The Morgan fingerprint density at radius 2 is 1.67 bits per heavy atom. The molecule has 2 rings (SSSR count). The minimum absolute atomic E-state index is 0.0997. The molecule has 0 spiro atoms. The largest absolute Gasteiger partial charge is 0.494 e. The predicted molar refractivity (Wildman–Crippen MR) is 92.7 cm³/mol. The Balaban J connectivity index is 2.00. The maximum absolute atomic E-state index is 12.3. The van der Waals surface area contributed by atoms with Crippen LogP contribution in [0.2, 0.25) is 0 Å². The summed E-state index contributed by atoms with van der Waals surface area (Å²) in [6, 6.07) is 13.2. The SMILES string of the molecule is CCCOc1ccc(CNS(=O)(=O)c2ccc(C(C)=O)cc2)cc1. The third kappa shape index (κ3) is 4.91. The summed E-state index contributed by atoms with van der Waals surface area (Å²) in [5, 5.41) is 0. The van der Waals surface area contributed by atoms with Crippen LogP contribution in [-0.4, -0.2) is 20.8 Å². The standard InChI is InChI=1S/C18H21NO4S/c1-3-12-23-17-8-4-15(5-9-17)13-19-24(21,22)18-10-6-16(7-11-18)14(2)20/h4-11,19H,3,12-13H2,1-2H3. The first-order chi connectivity index (χ1) is 11.4. The molecule has 0 aliphatic heterocycles. The van der Waals surface area contributed by atoms with Crippen molar-refractivity contribution in [2.75, 3.05) is 6.61 Å². The van der Waals surface area contributed by atoms with Crippen LogP contribution in [0.3, 0.4) is 0 Å². The predicted octanol–water partition coefficient (Wildman–Crippen LogP) is 3.16. The number of sulfonamides is 1. The molecule has 6 heteroatoms. The average molecular weight is 347 g/mol. The fourth-order valence-electron chi connectivity index (χ4n) is 2.05. The van der Waals surface area contributed by atoms with E-state index in [1.165, 1.54) is 31.2 Å². The molecule has 2 aromatic rings. The summed E-state index contributed by atoms with van der Waals surface area (Å²) in [6.45, 7) is 4.31. The summed E-state index contributed by atoms with van der Waals surface area (Å²) in [6.07, 6.45) is 0.934. The molecule has 2 aromatic carbocycles. The second-order valence-corrected chi connectivity index (χ2v) is 7.16. The highest BCUT2D eigenvalue weighted by Crippen LogP contribution is 2.14. The Kier molecular flexibility index (Phi) is 6.11. The maximum atomic E-state index is 12.3. The Bertz CT molecular complexity index is 781. The van der Waals surface area contributed by atoms with Crippen molar-refractivity contribution in [3.8, 4) is 5.75 Å². The number of rotatable bonds is 8. The lowest BCUT2D eigenvalue weighted by Gasteiger charge is -2.09. The van der Waals surface area contributed by atoms with Gasteiger partial charge in [0.25, 0.3) is 0 Å². The van der Waals surface area contributed by atoms with E-state index >= 15 is 0 Å². The average Bonchev–Trinajstić information content (AvgIpc) is 2.59. The zero-order chi connectivity index (χ0) is 17.6. The number of ether oxygens (including phenoxy) is 1. The highest BCUT2D eigenvalue weighted by atomic mass is 32.2. The molecule has 0 amide bonds. The topological polar surface area (TPSA) is 72.5 Å². The molecular weight excluding hydrogens is 326 g/mol. The van der Waals surface area contributed by atoms with Crippen LogP contribution in [0.5, 0.6) is 5.75 Å². The van der Waals surface area contributed by atoms with Crippen molar-refractivity contribution in [3.63, 3.8) is 0 Å². The lowest BCUT2D eigenvalue weighted by Crippen LogP contribution is -2.23. The summed E-state index contributed by atoms with van der Waals surface area (Å²) in [5.74, 6) is 0.667. The number of hydrogen-bond donors (Lipinski definition) is 1. The molecule has 24 heavy (non-hydrogen) atoms. The van der Waals surface area contributed by atoms with E-state index in [1.807, 2.05) is 31.2 Å². The first-order valence-electron chi connectivity index (χ1n) is 7.75. The zero-order valence-corrected chi connectivity index (χ0v) is 14.6. The summed E-state index contributed by atoms with van der Waals surface area (Å²) < 4.78 is 32.6. The lowest BCUT2D eigenvalue weighted by atomic mass is 10.2. The summed E-state index contributed by atoms with van der Waals surface area (Å²) in [7, 11) is -3.62. The fourth-order valence-corrected chi connectivity index (χ4v) is 3.07. The number of ketones is 1. The molecule has 1 N–H and O–H groups in total. The molecule has 0 saturated carbocycles. The molecular formula is C18H21NO4S. The molecule has 0 atom stereocenters. The monoisotopic (exact) mass is 347 g/mol.